The summed E-state index contributed by atoms with van der Waals surface area (Å²) in [6.07, 6.45) is 9.68. The quantitative estimate of drug-likeness (QED) is 0.189. The molecule has 1 aliphatic rings. The summed E-state index contributed by atoms with van der Waals surface area (Å²) in [6, 6.07) is 46.3. The molecule has 0 aliphatic heterocycles. The number of fused-ring (bicyclic) bond motifs is 4. The fraction of sp³-hybridized carbons (Fsp3) is 0.0465. The molecule has 0 amide bonds. The summed E-state index contributed by atoms with van der Waals surface area (Å²) in [6.45, 7) is 0. The molecule has 0 spiro atoms. The number of halogens is 1. The Morgan fingerprint density at radius 3 is 2.02 bits per heavy atom. The van der Waals surface area contributed by atoms with Gasteiger partial charge in [0.2, 0.25) is 0 Å². The maximum Gasteiger partial charge on any atom is 0.165 e. The monoisotopic (exact) mass is 636 g/mol. The third kappa shape index (κ3) is 4.98. The molecule has 48 heavy (non-hydrogen) atoms. The maximum atomic E-state index is 6.99. The number of nitrogens with zero attached hydrogens (tertiary/aromatic N) is 4. The Morgan fingerprint density at radius 1 is 0.562 bits per heavy atom. The third-order valence-electron chi connectivity index (χ3n) is 9.23. The molecule has 0 fully saturated rings. The van der Waals surface area contributed by atoms with Crippen molar-refractivity contribution in [3.8, 4) is 39.9 Å². The van der Waals surface area contributed by atoms with Crippen molar-refractivity contribution >= 4 is 44.2 Å². The number of aromatic nitrogens is 4. The molecule has 2 aromatic heterocycles. The molecule has 1 unspecified atom stereocenters. The summed E-state index contributed by atoms with van der Waals surface area (Å²) < 4.78 is 2.31. The van der Waals surface area contributed by atoms with Crippen LogP contribution in [0, 0.1) is 0 Å². The van der Waals surface area contributed by atoms with Crippen LogP contribution in [0.15, 0.2) is 158 Å². The highest BCUT2D eigenvalue weighted by molar-refractivity contribution is 6.33. The summed E-state index contributed by atoms with van der Waals surface area (Å²) in [5.74, 6) is 2.11. The minimum atomic E-state index is 0.373. The SMILES string of the molecule is Clc1ccc(-n2c3ccccc3c3cc4ccccc4cc32)cc1-c1nc(-c2ccccc2)nc(-c2ccc(C3C=CC=CC3)cc2)n1. The van der Waals surface area contributed by atoms with Crippen LogP contribution in [-0.4, -0.2) is 19.5 Å². The zero-order chi connectivity index (χ0) is 32.0. The minimum absolute atomic E-state index is 0.373. The van der Waals surface area contributed by atoms with Gasteiger partial charge in [-0.25, -0.2) is 15.0 Å². The Morgan fingerprint density at radius 2 is 1.25 bits per heavy atom. The Hall–Kier alpha value is -5.84. The van der Waals surface area contributed by atoms with Gasteiger partial charge < -0.3 is 4.57 Å². The molecule has 6 aromatic carbocycles. The fourth-order valence-electron chi connectivity index (χ4n) is 6.81. The number of hydrogen-bond donors (Lipinski definition) is 0. The molecule has 1 aliphatic carbocycles. The van der Waals surface area contributed by atoms with Crippen LogP contribution in [0.2, 0.25) is 5.02 Å². The Labute approximate surface area is 283 Å². The van der Waals surface area contributed by atoms with E-state index in [-0.39, 0.29) is 0 Å². The summed E-state index contributed by atoms with van der Waals surface area (Å²) in [7, 11) is 0. The Bertz CT molecular complexity index is 2550. The van der Waals surface area contributed by atoms with E-state index >= 15 is 0 Å². The van der Waals surface area contributed by atoms with E-state index in [4.69, 9.17) is 26.6 Å². The zero-order valence-corrected chi connectivity index (χ0v) is 26.7. The second kappa shape index (κ2) is 11.8. The number of para-hydroxylation sites is 1. The first-order valence-electron chi connectivity index (χ1n) is 16.2. The van der Waals surface area contributed by atoms with Gasteiger partial charge >= 0.3 is 0 Å². The lowest BCUT2D eigenvalue weighted by Crippen LogP contribution is -2.02. The highest BCUT2D eigenvalue weighted by Crippen LogP contribution is 2.37. The molecule has 8 aromatic rings. The van der Waals surface area contributed by atoms with E-state index in [2.05, 4.69) is 126 Å². The van der Waals surface area contributed by atoms with Crippen LogP contribution in [0.5, 0.6) is 0 Å². The molecule has 9 rings (SSSR count). The van der Waals surface area contributed by atoms with Gasteiger partial charge in [0.25, 0.3) is 0 Å². The molecular formula is C43H29ClN4. The van der Waals surface area contributed by atoms with Gasteiger partial charge in [-0.3, -0.25) is 0 Å². The van der Waals surface area contributed by atoms with Crippen LogP contribution in [0.25, 0.3) is 72.4 Å². The lowest BCUT2D eigenvalue weighted by atomic mass is 9.92. The van der Waals surface area contributed by atoms with E-state index in [9.17, 15) is 0 Å². The first-order chi connectivity index (χ1) is 23.7. The number of benzene rings is 6. The van der Waals surface area contributed by atoms with E-state index in [1.165, 1.54) is 27.1 Å². The van der Waals surface area contributed by atoms with Gasteiger partial charge in [-0.1, -0.05) is 133 Å². The smallest absolute Gasteiger partial charge is 0.165 e. The molecule has 0 saturated heterocycles. The lowest BCUT2D eigenvalue weighted by Gasteiger charge is -2.14. The molecule has 5 heteroatoms. The molecule has 4 nitrogen and oxygen atoms in total. The van der Waals surface area contributed by atoms with Crippen molar-refractivity contribution in [3.63, 3.8) is 0 Å². The number of rotatable bonds is 5. The second-order valence-electron chi connectivity index (χ2n) is 12.2. The van der Waals surface area contributed by atoms with Crippen LogP contribution < -0.4 is 0 Å². The van der Waals surface area contributed by atoms with Gasteiger partial charge in [0.1, 0.15) is 0 Å². The molecule has 1 atom stereocenters. The summed E-state index contributed by atoms with van der Waals surface area (Å²) >= 11 is 6.99. The van der Waals surface area contributed by atoms with Crippen molar-refractivity contribution in [2.45, 2.75) is 12.3 Å². The third-order valence-corrected chi connectivity index (χ3v) is 9.56. The highest BCUT2D eigenvalue weighted by atomic mass is 35.5. The van der Waals surface area contributed by atoms with E-state index in [0.717, 1.165) is 39.8 Å². The average Bonchev–Trinajstić information content (AvgIpc) is 3.48. The van der Waals surface area contributed by atoms with Gasteiger partial charge in [-0.15, -0.1) is 0 Å². The van der Waals surface area contributed by atoms with Crippen LogP contribution in [0.1, 0.15) is 17.9 Å². The van der Waals surface area contributed by atoms with Crippen molar-refractivity contribution in [2.24, 2.45) is 0 Å². The van der Waals surface area contributed by atoms with E-state index in [0.29, 0.717) is 28.4 Å². The van der Waals surface area contributed by atoms with Crippen molar-refractivity contribution in [1.29, 1.82) is 0 Å². The van der Waals surface area contributed by atoms with Gasteiger partial charge in [0.15, 0.2) is 17.5 Å². The fourth-order valence-corrected chi connectivity index (χ4v) is 7.01. The van der Waals surface area contributed by atoms with Crippen molar-refractivity contribution < 1.29 is 0 Å². The predicted molar refractivity (Wildman–Crippen MR) is 199 cm³/mol. The molecule has 228 valence electrons. The van der Waals surface area contributed by atoms with E-state index in [1.54, 1.807) is 0 Å². The first-order valence-corrected chi connectivity index (χ1v) is 16.5. The Balaban J connectivity index is 1.22. The molecule has 0 radical (unpaired) electrons. The van der Waals surface area contributed by atoms with Crippen LogP contribution in [-0.2, 0) is 0 Å². The number of allylic oxidation sites excluding steroid dienone is 4. The molecular weight excluding hydrogens is 608 g/mol. The second-order valence-corrected chi connectivity index (χ2v) is 12.6. The molecule has 0 bridgehead atoms. The topological polar surface area (TPSA) is 43.6 Å². The largest absolute Gasteiger partial charge is 0.309 e. The lowest BCUT2D eigenvalue weighted by molar-refractivity contribution is 0.854. The predicted octanol–water partition coefficient (Wildman–Crippen LogP) is 11.4. The van der Waals surface area contributed by atoms with Gasteiger partial charge in [-0.2, -0.15) is 0 Å². The summed E-state index contributed by atoms with van der Waals surface area (Å²) in [4.78, 5) is 15.0. The minimum Gasteiger partial charge on any atom is -0.309 e. The molecule has 0 saturated carbocycles. The van der Waals surface area contributed by atoms with Crippen molar-refractivity contribution in [1.82, 2.24) is 19.5 Å². The highest BCUT2D eigenvalue weighted by Gasteiger charge is 2.18. The normalized spacial score (nSPS) is 14.3. The maximum absolute atomic E-state index is 6.99. The van der Waals surface area contributed by atoms with Crippen LogP contribution in [0.4, 0.5) is 0 Å². The van der Waals surface area contributed by atoms with Gasteiger partial charge in [0, 0.05) is 39.1 Å². The first kappa shape index (κ1) is 28.4. The standard InChI is InChI=1S/C43H29ClN4/c44-38-24-23-34(48-39-18-10-9-17-35(39)36-25-32-15-7-8-16-33(32)26-40(36)48)27-37(38)43-46-41(30-13-5-2-6-14-30)45-42(47-43)31-21-19-29(20-22-31)28-11-3-1-4-12-28/h1-11,13-28H,12H2. The van der Waals surface area contributed by atoms with Crippen molar-refractivity contribution in [3.05, 3.63) is 168 Å². The van der Waals surface area contributed by atoms with Gasteiger partial charge in [-0.05, 0) is 59.2 Å². The summed E-state index contributed by atoms with van der Waals surface area (Å²) in [5.41, 5.74) is 7.10. The number of hydrogen-bond acceptors (Lipinski definition) is 3. The Kier molecular flexibility index (Phi) is 6.95. The van der Waals surface area contributed by atoms with Crippen molar-refractivity contribution in [2.75, 3.05) is 0 Å². The van der Waals surface area contributed by atoms with E-state index in [1.807, 2.05) is 36.4 Å². The van der Waals surface area contributed by atoms with E-state index < -0.39 is 0 Å². The molecule has 0 N–H and O–H groups in total. The average molecular weight is 637 g/mol. The molecule has 2 heterocycles. The van der Waals surface area contributed by atoms with Crippen LogP contribution >= 0.6 is 11.6 Å². The summed E-state index contributed by atoms with van der Waals surface area (Å²) in [5, 5.41) is 5.40. The zero-order valence-electron chi connectivity index (χ0n) is 26.0. The van der Waals surface area contributed by atoms with Crippen LogP contribution in [0.3, 0.4) is 0 Å². The van der Waals surface area contributed by atoms with Gasteiger partial charge in [0.05, 0.1) is 16.1 Å².